The lowest BCUT2D eigenvalue weighted by Crippen LogP contribution is -1.90. The minimum absolute atomic E-state index is 0.834. The van der Waals surface area contributed by atoms with Crippen molar-refractivity contribution in [2.75, 3.05) is 0 Å². The lowest BCUT2D eigenvalue weighted by atomic mass is 10.1. The summed E-state index contributed by atoms with van der Waals surface area (Å²) in [5.74, 6) is 0.834. The van der Waals surface area contributed by atoms with Gasteiger partial charge in [-0.05, 0) is 24.5 Å². The van der Waals surface area contributed by atoms with E-state index in [0.717, 1.165) is 18.6 Å². The maximum Gasteiger partial charge on any atom is 0.168 e. The van der Waals surface area contributed by atoms with Crippen molar-refractivity contribution in [3.8, 4) is 5.75 Å². The molecule has 57 valence electrons. The van der Waals surface area contributed by atoms with Crippen LogP contribution in [0.4, 0.5) is 0 Å². The fraction of sp³-hybridized carbons (Fsp3) is 0.222. The number of aryl methyl sites for hydroxylation is 1. The van der Waals surface area contributed by atoms with Gasteiger partial charge in [0.2, 0.25) is 0 Å². The summed E-state index contributed by atoms with van der Waals surface area (Å²) in [5, 5.41) is 0. The zero-order valence-corrected chi connectivity index (χ0v) is 6.12. The number of hydrogen-bond donors (Lipinski definition) is 0. The van der Waals surface area contributed by atoms with Gasteiger partial charge in [0, 0.05) is 0 Å². The summed E-state index contributed by atoms with van der Waals surface area (Å²) in [7, 11) is 0. The van der Waals surface area contributed by atoms with E-state index >= 15 is 0 Å². The van der Waals surface area contributed by atoms with Gasteiger partial charge in [-0.1, -0.05) is 18.2 Å². The van der Waals surface area contributed by atoms with Gasteiger partial charge in [-0.3, -0.25) is 0 Å². The molecule has 2 heteroatoms. The van der Waals surface area contributed by atoms with E-state index < -0.39 is 0 Å². The van der Waals surface area contributed by atoms with Crippen LogP contribution >= 0.6 is 0 Å². The molecule has 0 spiro atoms. The molecule has 1 aromatic rings. The first-order valence-electron chi connectivity index (χ1n) is 3.70. The van der Waals surface area contributed by atoms with Gasteiger partial charge in [-0.15, -0.1) is 0 Å². The van der Waals surface area contributed by atoms with E-state index in [1.54, 1.807) is 6.61 Å². The second kappa shape index (κ2) is 2.93. The summed E-state index contributed by atoms with van der Waals surface area (Å²) in [6.07, 6.45) is 1.91. The van der Waals surface area contributed by atoms with Crippen LogP contribution in [0.3, 0.4) is 0 Å². The van der Waals surface area contributed by atoms with E-state index in [4.69, 9.17) is 9.78 Å². The highest BCUT2D eigenvalue weighted by atomic mass is 17.2. The molecule has 2 rings (SSSR count). The van der Waals surface area contributed by atoms with Crippen LogP contribution in [0, 0.1) is 6.61 Å². The van der Waals surface area contributed by atoms with Crippen molar-refractivity contribution in [2.45, 2.75) is 12.8 Å². The van der Waals surface area contributed by atoms with E-state index in [1.165, 1.54) is 5.56 Å². The molecule has 0 unspecified atom stereocenters. The minimum atomic E-state index is 0.834. The molecule has 1 radical (unpaired) electrons. The van der Waals surface area contributed by atoms with Gasteiger partial charge < -0.3 is 4.89 Å². The normalized spacial score (nSPS) is 16.4. The fourth-order valence-corrected chi connectivity index (χ4v) is 1.14. The van der Waals surface area contributed by atoms with E-state index in [9.17, 15) is 0 Å². The van der Waals surface area contributed by atoms with Crippen LogP contribution in [0.1, 0.15) is 12.0 Å². The van der Waals surface area contributed by atoms with Crippen molar-refractivity contribution in [3.63, 3.8) is 0 Å². The third-order valence-electron chi connectivity index (χ3n) is 1.71. The molecule has 0 saturated carbocycles. The maximum atomic E-state index is 4.99. The number of fused-ring (bicyclic) bond motifs is 1. The quantitative estimate of drug-likeness (QED) is 0.526. The standard InChI is InChI=1S/C9H9O2/c1-2-6-9-8(4-1)5-3-7-10-11-9/h1-2,4,6-7H,3,5H2. The van der Waals surface area contributed by atoms with Gasteiger partial charge in [0.1, 0.15) is 6.61 Å². The van der Waals surface area contributed by atoms with E-state index in [2.05, 4.69) is 6.07 Å². The molecule has 0 saturated heterocycles. The van der Waals surface area contributed by atoms with Crippen molar-refractivity contribution in [2.24, 2.45) is 0 Å². The third kappa shape index (κ3) is 1.35. The molecular formula is C9H9O2. The molecule has 0 bridgehead atoms. The summed E-state index contributed by atoms with van der Waals surface area (Å²) in [6.45, 7) is 1.68. The Hall–Kier alpha value is -1.02. The van der Waals surface area contributed by atoms with Crippen LogP contribution in [0.25, 0.3) is 0 Å². The molecule has 0 fully saturated rings. The summed E-state index contributed by atoms with van der Waals surface area (Å²) in [4.78, 5) is 9.79. The van der Waals surface area contributed by atoms with Crippen LogP contribution in [0.15, 0.2) is 24.3 Å². The average Bonchev–Trinajstić information content (AvgIpc) is 2.28. The van der Waals surface area contributed by atoms with Crippen molar-refractivity contribution in [3.05, 3.63) is 36.4 Å². The molecule has 11 heavy (non-hydrogen) atoms. The van der Waals surface area contributed by atoms with E-state index in [-0.39, 0.29) is 0 Å². The van der Waals surface area contributed by atoms with Crippen LogP contribution in [0.2, 0.25) is 0 Å². The van der Waals surface area contributed by atoms with Crippen molar-refractivity contribution < 1.29 is 9.78 Å². The molecule has 0 N–H and O–H groups in total. The van der Waals surface area contributed by atoms with Gasteiger partial charge in [-0.2, -0.15) is 4.89 Å². The predicted octanol–water partition coefficient (Wildman–Crippen LogP) is 2.10. The number of benzene rings is 1. The van der Waals surface area contributed by atoms with Crippen LogP contribution in [-0.2, 0) is 11.3 Å². The Morgan fingerprint density at radius 1 is 1.18 bits per heavy atom. The first-order chi connectivity index (χ1) is 5.47. The molecule has 1 aliphatic rings. The van der Waals surface area contributed by atoms with Crippen LogP contribution in [-0.4, -0.2) is 0 Å². The molecule has 2 nitrogen and oxygen atoms in total. The maximum absolute atomic E-state index is 4.99. The van der Waals surface area contributed by atoms with E-state index in [0.29, 0.717) is 0 Å². The predicted molar refractivity (Wildman–Crippen MR) is 40.8 cm³/mol. The largest absolute Gasteiger partial charge is 0.337 e. The number of rotatable bonds is 0. The molecule has 0 atom stereocenters. The van der Waals surface area contributed by atoms with Crippen LogP contribution < -0.4 is 4.89 Å². The van der Waals surface area contributed by atoms with E-state index in [1.807, 2.05) is 18.2 Å². The Balaban J connectivity index is 2.33. The van der Waals surface area contributed by atoms with Crippen LogP contribution in [0.5, 0.6) is 5.75 Å². The molecule has 1 aliphatic heterocycles. The smallest absolute Gasteiger partial charge is 0.168 e. The van der Waals surface area contributed by atoms with Gasteiger partial charge in [0.05, 0.1) is 0 Å². The lowest BCUT2D eigenvalue weighted by Gasteiger charge is -2.01. The zero-order chi connectivity index (χ0) is 7.52. The molecule has 1 aromatic carbocycles. The van der Waals surface area contributed by atoms with Gasteiger partial charge in [0.15, 0.2) is 5.75 Å². The highest BCUT2D eigenvalue weighted by Crippen LogP contribution is 2.23. The Bertz CT molecular complexity index is 220. The fourth-order valence-electron chi connectivity index (χ4n) is 1.14. The van der Waals surface area contributed by atoms with Crippen molar-refractivity contribution in [1.29, 1.82) is 0 Å². The second-order valence-electron chi connectivity index (χ2n) is 2.49. The first kappa shape index (κ1) is 6.68. The molecule has 0 aromatic heterocycles. The number of para-hydroxylation sites is 1. The summed E-state index contributed by atoms with van der Waals surface area (Å²) in [5.41, 5.74) is 1.21. The monoisotopic (exact) mass is 149 g/mol. The molecular weight excluding hydrogens is 140 g/mol. The Kier molecular flexibility index (Phi) is 1.78. The van der Waals surface area contributed by atoms with Gasteiger partial charge >= 0.3 is 0 Å². The Morgan fingerprint density at radius 3 is 3.09 bits per heavy atom. The Labute approximate surface area is 65.7 Å². The minimum Gasteiger partial charge on any atom is -0.337 e. The topological polar surface area (TPSA) is 18.5 Å². The number of hydrogen-bond acceptors (Lipinski definition) is 2. The SMILES string of the molecule is [CH]1CCc2ccccc2OO1. The third-order valence-corrected chi connectivity index (χ3v) is 1.71. The van der Waals surface area contributed by atoms with Gasteiger partial charge in [0.25, 0.3) is 0 Å². The summed E-state index contributed by atoms with van der Waals surface area (Å²) >= 11 is 0. The average molecular weight is 149 g/mol. The summed E-state index contributed by atoms with van der Waals surface area (Å²) in [6, 6.07) is 7.91. The lowest BCUT2D eigenvalue weighted by molar-refractivity contribution is -0.172. The zero-order valence-electron chi connectivity index (χ0n) is 6.12. The van der Waals surface area contributed by atoms with Crippen molar-refractivity contribution >= 4 is 0 Å². The summed E-state index contributed by atoms with van der Waals surface area (Å²) < 4.78 is 0. The molecule has 0 amide bonds. The van der Waals surface area contributed by atoms with Gasteiger partial charge in [-0.25, -0.2) is 0 Å². The second-order valence-corrected chi connectivity index (χ2v) is 2.49. The Morgan fingerprint density at radius 2 is 2.09 bits per heavy atom. The van der Waals surface area contributed by atoms with Crippen molar-refractivity contribution in [1.82, 2.24) is 0 Å². The molecule has 1 heterocycles. The highest BCUT2D eigenvalue weighted by molar-refractivity contribution is 5.33. The first-order valence-corrected chi connectivity index (χ1v) is 3.70. The molecule has 0 aliphatic carbocycles. The highest BCUT2D eigenvalue weighted by Gasteiger charge is 2.07.